The molecular formula is C30H28Cl2SiZr. The van der Waals surface area contributed by atoms with Crippen LogP contribution in [0.5, 0.6) is 0 Å². The van der Waals surface area contributed by atoms with Crippen LogP contribution in [-0.4, -0.2) is 5.43 Å². The summed E-state index contributed by atoms with van der Waals surface area (Å²) in [5.41, 5.74) is 9.10. The summed E-state index contributed by atoms with van der Waals surface area (Å²) >= 11 is -2.03. The fourth-order valence-corrected chi connectivity index (χ4v) is 27.0. The maximum atomic E-state index is 2.62. The van der Waals surface area contributed by atoms with Crippen molar-refractivity contribution in [1.29, 1.82) is 0 Å². The molecule has 0 fully saturated rings. The van der Waals surface area contributed by atoms with E-state index in [9.17, 15) is 0 Å². The Kier molecular flexibility index (Phi) is 7.47. The molecule has 0 bridgehead atoms. The summed E-state index contributed by atoms with van der Waals surface area (Å²) in [5, 5.41) is 5.77. The number of allylic oxidation sites excluding steroid dienone is 2. The third-order valence-electron chi connectivity index (χ3n) is 7.46. The van der Waals surface area contributed by atoms with E-state index in [-0.39, 0.29) is 24.8 Å². The molecule has 4 heteroatoms. The minimum Gasteiger partial charge on any atom is -1.00 e. The largest absolute Gasteiger partial charge is 1.00 e. The molecule has 34 heavy (non-hydrogen) atoms. The number of benzene rings is 4. The molecule has 0 N–H and O–H groups in total. The molecule has 6 rings (SSSR count). The van der Waals surface area contributed by atoms with Crippen molar-refractivity contribution in [3.05, 3.63) is 106 Å². The van der Waals surface area contributed by atoms with Gasteiger partial charge in [-0.15, -0.1) is 0 Å². The zero-order valence-electron chi connectivity index (χ0n) is 20.0. The number of hydrogen-bond acceptors (Lipinski definition) is 0. The average Bonchev–Trinajstić information content (AvgIpc) is 3.31. The summed E-state index contributed by atoms with van der Waals surface area (Å²) in [7, 11) is 0. The van der Waals surface area contributed by atoms with Gasteiger partial charge in [-0.3, -0.25) is 0 Å². The standard InChI is InChI=1S/2C14H11.C2H6Si.2ClH.Zr/c2*1-10-8-12-7-6-11-4-2-3-5-13(11)14(12)9-10;1-3-2;;;/h2*2-9H,1H3;1-2H3;2*1H;/q;;;;;+2/p-2. The van der Waals surface area contributed by atoms with Gasteiger partial charge in [-0.25, -0.2) is 0 Å². The molecule has 0 aliphatic heterocycles. The molecule has 2 aliphatic rings. The second kappa shape index (κ2) is 9.90. The van der Waals surface area contributed by atoms with E-state index < -0.39 is 25.8 Å². The smallest absolute Gasteiger partial charge is 1.00 e. The van der Waals surface area contributed by atoms with Crippen molar-refractivity contribution in [3.63, 3.8) is 0 Å². The number of hydrogen-bond donors (Lipinski definition) is 0. The summed E-state index contributed by atoms with van der Waals surface area (Å²) in [4.78, 5) is 0. The topological polar surface area (TPSA) is 0 Å². The zero-order chi connectivity index (χ0) is 22.0. The van der Waals surface area contributed by atoms with Gasteiger partial charge in [-0.2, -0.15) is 0 Å². The molecular weight excluding hydrogens is 551 g/mol. The summed E-state index contributed by atoms with van der Waals surface area (Å²) in [6.45, 7) is 10.1. The monoisotopic (exact) mass is 576 g/mol. The molecule has 0 aromatic heterocycles. The molecule has 2 aliphatic carbocycles. The van der Waals surface area contributed by atoms with Crippen LogP contribution in [0, 0.1) is 0 Å². The third kappa shape index (κ3) is 3.92. The molecule has 170 valence electrons. The molecule has 0 amide bonds. The average molecular weight is 579 g/mol. The number of fused-ring (bicyclic) bond motifs is 6. The molecule has 0 saturated carbocycles. The van der Waals surface area contributed by atoms with Crippen LogP contribution in [0.2, 0.25) is 13.1 Å². The quantitative estimate of drug-likeness (QED) is 0.321. The van der Waals surface area contributed by atoms with Gasteiger partial charge in [0, 0.05) is 0 Å². The predicted molar refractivity (Wildman–Crippen MR) is 138 cm³/mol. The molecule has 0 nitrogen and oxygen atoms in total. The molecule has 4 aromatic carbocycles. The maximum Gasteiger partial charge on any atom is -1.00 e. The van der Waals surface area contributed by atoms with Gasteiger partial charge in [0.25, 0.3) is 0 Å². The van der Waals surface area contributed by atoms with Crippen molar-refractivity contribution in [2.24, 2.45) is 0 Å². The van der Waals surface area contributed by atoms with Crippen molar-refractivity contribution < 1.29 is 45.2 Å². The molecule has 0 spiro atoms. The first-order valence-corrected chi connectivity index (χ1v) is 20.6. The van der Waals surface area contributed by atoms with Crippen LogP contribution in [0.3, 0.4) is 0 Å². The Balaban J connectivity index is 0.00000137. The van der Waals surface area contributed by atoms with Crippen LogP contribution in [0.25, 0.3) is 33.7 Å². The van der Waals surface area contributed by atoms with Gasteiger partial charge < -0.3 is 24.8 Å². The normalized spacial score (nSPS) is 17.6. The Morgan fingerprint density at radius 1 is 0.588 bits per heavy atom. The SMILES string of the molecule is CC1=Cc2ccc3ccccc3c2[CH]1[Zr+2]([CH]1C(C)=Cc2ccc3ccccc3c21)=[Si](C)C.[Cl-].[Cl-]. The maximum absolute atomic E-state index is 2.62. The van der Waals surface area contributed by atoms with E-state index >= 15 is 0 Å². The van der Waals surface area contributed by atoms with Gasteiger partial charge >= 0.3 is 200 Å². The van der Waals surface area contributed by atoms with Crippen LogP contribution in [0.1, 0.15) is 43.4 Å². The second-order valence-electron chi connectivity index (χ2n) is 9.68. The Morgan fingerprint density at radius 3 is 1.41 bits per heavy atom. The van der Waals surface area contributed by atoms with Crippen molar-refractivity contribution in [1.82, 2.24) is 0 Å². The van der Waals surface area contributed by atoms with Crippen LogP contribution < -0.4 is 24.8 Å². The second-order valence-corrected chi connectivity index (χ2v) is 27.5. The van der Waals surface area contributed by atoms with Crippen LogP contribution in [0.4, 0.5) is 0 Å². The Labute approximate surface area is 223 Å². The van der Waals surface area contributed by atoms with Gasteiger partial charge in [-0.1, -0.05) is 0 Å². The number of halogens is 2. The summed E-state index contributed by atoms with van der Waals surface area (Å²) in [6.07, 6.45) is 5.02. The van der Waals surface area contributed by atoms with Crippen molar-refractivity contribution in [3.8, 4) is 0 Å². The van der Waals surface area contributed by atoms with Crippen LogP contribution >= 0.6 is 0 Å². The van der Waals surface area contributed by atoms with Crippen molar-refractivity contribution >= 4 is 39.1 Å². The van der Waals surface area contributed by atoms with E-state index in [0.29, 0.717) is 7.25 Å². The minimum atomic E-state index is -2.03. The Morgan fingerprint density at radius 2 is 1.00 bits per heavy atom. The first kappa shape index (κ1) is 25.6. The molecule has 0 heterocycles. The molecule has 2 atom stereocenters. The summed E-state index contributed by atoms with van der Waals surface area (Å²) in [5.74, 6) is 0. The summed E-state index contributed by atoms with van der Waals surface area (Å²) < 4.78 is 1.36. The minimum absolute atomic E-state index is 0. The van der Waals surface area contributed by atoms with E-state index in [1.54, 1.807) is 22.3 Å². The predicted octanol–water partition coefficient (Wildman–Crippen LogP) is 2.49. The molecule has 0 saturated heterocycles. The first-order chi connectivity index (χ1) is 15.5. The van der Waals surface area contributed by atoms with Gasteiger partial charge in [0.15, 0.2) is 0 Å². The fraction of sp³-hybridized carbons (Fsp3) is 0.200. The Hall–Kier alpha value is -1.44. The van der Waals surface area contributed by atoms with Gasteiger partial charge in [0.1, 0.15) is 0 Å². The fourth-order valence-electron chi connectivity index (χ4n) is 6.18. The van der Waals surface area contributed by atoms with E-state index in [2.05, 4.69) is 112 Å². The van der Waals surface area contributed by atoms with Gasteiger partial charge in [0.05, 0.1) is 0 Å². The molecule has 4 aromatic rings. The van der Waals surface area contributed by atoms with E-state index in [1.165, 1.54) is 32.7 Å². The van der Waals surface area contributed by atoms with E-state index in [1.807, 2.05) is 0 Å². The van der Waals surface area contributed by atoms with Gasteiger partial charge in [0.2, 0.25) is 0 Å². The number of rotatable bonds is 2. The van der Waals surface area contributed by atoms with Crippen LogP contribution in [-0.2, 0) is 20.4 Å². The summed E-state index contributed by atoms with van der Waals surface area (Å²) in [6, 6.07) is 27.5. The zero-order valence-corrected chi connectivity index (χ0v) is 25.0. The van der Waals surface area contributed by atoms with E-state index in [4.69, 9.17) is 0 Å². The third-order valence-corrected chi connectivity index (χ3v) is 27.3. The van der Waals surface area contributed by atoms with Gasteiger partial charge in [-0.05, 0) is 0 Å². The van der Waals surface area contributed by atoms with Crippen molar-refractivity contribution in [2.45, 2.75) is 34.2 Å². The molecule has 2 unspecified atom stereocenters. The molecule has 0 radical (unpaired) electrons. The first-order valence-electron chi connectivity index (χ1n) is 11.6. The van der Waals surface area contributed by atoms with Crippen LogP contribution in [0.15, 0.2) is 83.9 Å². The van der Waals surface area contributed by atoms with Crippen molar-refractivity contribution in [2.75, 3.05) is 0 Å². The van der Waals surface area contributed by atoms with E-state index in [0.717, 1.165) is 0 Å². The Bertz CT molecular complexity index is 1420.